The van der Waals surface area contributed by atoms with Crippen LogP contribution in [-0.2, 0) is 6.42 Å². The van der Waals surface area contributed by atoms with E-state index in [1.807, 2.05) is 19.1 Å². The highest BCUT2D eigenvalue weighted by Gasteiger charge is 2.11. The van der Waals surface area contributed by atoms with Crippen LogP contribution in [0, 0.1) is 0 Å². The van der Waals surface area contributed by atoms with E-state index in [4.69, 9.17) is 16.0 Å². The zero-order valence-corrected chi connectivity index (χ0v) is 11.5. The van der Waals surface area contributed by atoms with Crippen molar-refractivity contribution in [2.75, 3.05) is 5.32 Å². The fourth-order valence-corrected chi connectivity index (χ4v) is 1.92. The Morgan fingerprint density at radius 2 is 2.35 bits per heavy atom. The van der Waals surface area contributed by atoms with Gasteiger partial charge in [-0.15, -0.1) is 0 Å². The van der Waals surface area contributed by atoms with Crippen LogP contribution in [0.15, 0.2) is 33.6 Å². The molecule has 90 valence electrons. The van der Waals surface area contributed by atoms with Crippen molar-refractivity contribution in [2.45, 2.75) is 19.4 Å². The Bertz CT molecular complexity index is 489. The van der Waals surface area contributed by atoms with E-state index in [-0.39, 0.29) is 6.04 Å². The van der Waals surface area contributed by atoms with Crippen LogP contribution in [-0.4, -0.2) is 16.0 Å². The molecule has 1 N–H and O–H groups in total. The monoisotopic (exact) mass is 315 g/mol. The molecule has 4 nitrogen and oxygen atoms in total. The molecule has 0 aromatic carbocycles. The predicted octanol–water partition coefficient (Wildman–Crippen LogP) is 3.53. The van der Waals surface area contributed by atoms with Crippen LogP contribution in [0.1, 0.15) is 12.7 Å². The highest BCUT2D eigenvalue weighted by molar-refractivity contribution is 9.10. The smallest absolute Gasteiger partial charge is 0.148 e. The summed E-state index contributed by atoms with van der Waals surface area (Å²) in [7, 11) is 0. The third kappa shape index (κ3) is 3.20. The molecule has 2 heterocycles. The molecule has 0 aliphatic rings. The molecule has 6 heteroatoms. The quantitative estimate of drug-likeness (QED) is 0.877. The number of nitrogens with one attached hydrogen (secondary N) is 1. The second kappa shape index (κ2) is 5.51. The number of furan rings is 1. The van der Waals surface area contributed by atoms with E-state index in [9.17, 15) is 0 Å². The fraction of sp³-hybridized carbons (Fsp3) is 0.273. The second-order valence-corrected chi connectivity index (χ2v) is 4.81. The average molecular weight is 317 g/mol. The molecule has 0 aliphatic heterocycles. The lowest BCUT2D eigenvalue weighted by Crippen LogP contribution is -2.19. The van der Waals surface area contributed by atoms with Gasteiger partial charge in [-0.25, -0.2) is 9.97 Å². The molecule has 0 aliphatic carbocycles. The van der Waals surface area contributed by atoms with Crippen molar-refractivity contribution in [3.05, 3.63) is 40.1 Å². The molecule has 2 aromatic heterocycles. The van der Waals surface area contributed by atoms with Crippen LogP contribution in [0.25, 0.3) is 0 Å². The molecular weight excluding hydrogens is 305 g/mol. The molecule has 2 aromatic rings. The Kier molecular flexibility index (Phi) is 4.02. The Morgan fingerprint density at radius 1 is 1.53 bits per heavy atom. The minimum absolute atomic E-state index is 0.184. The van der Waals surface area contributed by atoms with Crippen LogP contribution in [0.4, 0.5) is 5.82 Å². The maximum Gasteiger partial charge on any atom is 0.148 e. The van der Waals surface area contributed by atoms with Crippen LogP contribution in [0.3, 0.4) is 0 Å². The Labute approximate surface area is 113 Å². The van der Waals surface area contributed by atoms with Crippen LogP contribution in [0.5, 0.6) is 0 Å². The summed E-state index contributed by atoms with van der Waals surface area (Å²) in [5.74, 6) is 1.62. The fourth-order valence-electron chi connectivity index (χ4n) is 1.46. The molecule has 0 bridgehead atoms. The number of anilines is 1. The number of halogens is 2. The number of nitrogens with zero attached hydrogens (tertiary/aromatic N) is 2. The van der Waals surface area contributed by atoms with Crippen LogP contribution < -0.4 is 5.32 Å². The molecule has 1 atom stereocenters. The first-order valence-corrected chi connectivity index (χ1v) is 6.29. The molecular formula is C11H11BrClN3O. The summed E-state index contributed by atoms with van der Waals surface area (Å²) in [5, 5.41) is 3.64. The zero-order chi connectivity index (χ0) is 12.3. The largest absolute Gasteiger partial charge is 0.469 e. The summed E-state index contributed by atoms with van der Waals surface area (Å²) in [6, 6.07) is 4.00. The minimum atomic E-state index is 0.184. The molecule has 0 radical (unpaired) electrons. The number of rotatable bonds is 4. The highest BCUT2D eigenvalue weighted by atomic mass is 79.9. The van der Waals surface area contributed by atoms with Crippen molar-refractivity contribution < 1.29 is 4.42 Å². The lowest BCUT2D eigenvalue weighted by Gasteiger charge is -2.14. The normalized spacial score (nSPS) is 12.4. The van der Waals surface area contributed by atoms with Gasteiger partial charge in [0.05, 0.1) is 10.7 Å². The van der Waals surface area contributed by atoms with Gasteiger partial charge >= 0.3 is 0 Å². The Morgan fingerprint density at radius 3 is 3.06 bits per heavy atom. The summed E-state index contributed by atoms with van der Waals surface area (Å²) in [6.45, 7) is 2.05. The maximum absolute atomic E-state index is 5.88. The van der Waals surface area contributed by atoms with Gasteiger partial charge in [0.1, 0.15) is 23.1 Å². The standard InChI is InChI=1S/C11H11BrClN3O/c1-7(5-8-3-2-4-17-8)16-11-9(12)10(13)14-6-15-11/h2-4,6-7H,5H2,1H3,(H,14,15,16). The molecule has 0 saturated heterocycles. The van der Waals surface area contributed by atoms with Crippen LogP contribution >= 0.6 is 27.5 Å². The molecule has 0 amide bonds. The van der Waals surface area contributed by atoms with E-state index in [0.29, 0.717) is 15.4 Å². The van der Waals surface area contributed by atoms with Gasteiger partial charge in [-0.05, 0) is 35.0 Å². The van der Waals surface area contributed by atoms with E-state index in [2.05, 4.69) is 31.2 Å². The van der Waals surface area contributed by atoms with E-state index >= 15 is 0 Å². The predicted molar refractivity (Wildman–Crippen MR) is 70.2 cm³/mol. The molecule has 0 saturated carbocycles. The number of hydrogen-bond donors (Lipinski definition) is 1. The zero-order valence-electron chi connectivity index (χ0n) is 9.15. The van der Waals surface area contributed by atoms with Crippen molar-refractivity contribution in [3.8, 4) is 0 Å². The van der Waals surface area contributed by atoms with Crippen molar-refractivity contribution in [1.82, 2.24) is 9.97 Å². The summed E-state index contributed by atoms with van der Waals surface area (Å²) in [5.41, 5.74) is 0. The lowest BCUT2D eigenvalue weighted by molar-refractivity contribution is 0.497. The summed E-state index contributed by atoms with van der Waals surface area (Å²) >= 11 is 9.23. The van der Waals surface area contributed by atoms with Gasteiger partial charge in [0, 0.05) is 12.5 Å². The van der Waals surface area contributed by atoms with Crippen molar-refractivity contribution in [3.63, 3.8) is 0 Å². The topological polar surface area (TPSA) is 51.0 Å². The van der Waals surface area contributed by atoms with E-state index in [1.54, 1.807) is 6.26 Å². The van der Waals surface area contributed by atoms with Gasteiger partial charge in [-0.3, -0.25) is 0 Å². The maximum atomic E-state index is 5.88. The summed E-state index contributed by atoms with van der Waals surface area (Å²) in [4.78, 5) is 8.00. The van der Waals surface area contributed by atoms with Crippen molar-refractivity contribution in [1.29, 1.82) is 0 Å². The number of hydrogen-bond acceptors (Lipinski definition) is 4. The van der Waals surface area contributed by atoms with E-state index in [1.165, 1.54) is 6.33 Å². The molecule has 0 spiro atoms. The van der Waals surface area contributed by atoms with Crippen molar-refractivity contribution in [2.24, 2.45) is 0 Å². The molecule has 17 heavy (non-hydrogen) atoms. The molecule has 2 rings (SSSR count). The molecule has 0 fully saturated rings. The third-order valence-electron chi connectivity index (χ3n) is 2.22. The minimum Gasteiger partial charge on any atom is -0.469 e. The highest BCUT2D eigenvalue weighted by Crippen LogP contribution is 2.26. The first-order chi connectivity index (χ1) is 8.16. The third-order valence-corrected chi connectivity index (χ3v) is 3.48. The van der Waals surface area contributed by atoms with Gasteiger partial charge in [-0.2, -0.15) is 0 Å². The van der Waals surface area contributed by atoms with Gasteiger partial charge in [-0.1, -0.05) is 11.6 Å². The Hall–Kier alpha value is -1.07. The summed E-state index contributed by atoms with van der Waals surface area (Å²) in [6.07, 6.45) is 3.87. The van der Waals surface area contributed by atoms with E-state index < -0.39 is 0 Å². The van der Waals surface area contributed by atoms with Crippen molar-refractivity contribution >= 4 is 33.3 Å². The van der Waals surface area contributed by atoms with Gasteiger partial charge < -0.3 is 9.73 Å². The first-order valence-electron chi connectivity index (χ1n) is 5.11. The summed E-state index contributed by atoms with van der Waals surface area (Å²) < 4.78 is 5.96. The first kappa shape index (κ1) is 12.4. The van der Waals surface area contributed by atoms with Gasteiger partial charge in [0.15, 0.2) is 0 Å². The second-order valence-electron chi connectivity index (χ2n) is 3.66. The average Bonchev–Trinajstić information content (AvgIpc) is 2.77. The Balaban J connectivity index is 2.03. The van der Waals surface area contributed by atoms with Crippen LogP contribution in [0.2, 0.25) is 5.15 Å². The van der Waals surface area contributed by atoms with Gasteiger partial charge in [0.25, 0.3) is 0 Å². The number of aromatic nitrogens is 2. The molecule has 1 unspecified atom stereocenters. The lowest BCUT2D eigenvalue weighted by atomic mass is 10.2. The van der Waals surface area contributed by atoms with Gasteiger partial charge in [0.2, 0.25) is 0 Å². The SMILES string of the molecule is CC(Cc1ccco1)Nc1ncnc(Cl)c1Br. The van der Waals surface area contributed by atoms with E-state index in [0.717, 1.165) is 12.2 Å².